The van der Waals surface area contributed by atoms with E-state index in [0.717, 1.165) is 22.0 Å². The van der Waals surface area contributed by atoms with Crippen molar-refractivity contribution >= 4 is 10.9 Å². The minimum Gasteiger partial charge on any atom is -0.493 e. The van der Waals surface area contributed by atoms with Gasteiger partial charge in [0, 0.05) is 23.6 Å². The number of benzene rings is 2. The third kappa shape index (κ3) is 2.47. The Morgan fingerprint density at radius 1 is 1.08 bits per heavy atom. The van der Waals surface area contributed by atoms with Crippen molar-refractivity contribution in [2.75, 3.05) is 20.8 Å². The highest BCUT2D eigenvalue weighted by atomic mass is 16.5. The Bertz CT molecular complexity index is 908. The molecule has 0 saturated heterocycles. The number of nitriles is 1. The van der Waals surface area contributed by atoms with E-state index in [0.29, 0.717) is 23.7 Å². The molecule has 5 heteroatoms. The molecule has 1 N–H and O–H groups in total. The highest BCUT2D eigenvalue weighted by Crippen LogP contribution is 2.40. The fourth-order valence-electron chi connectivity index (χ4n) is 3.02. The van der Waals surface area contributed by atoms with Gasteiger partial charge in [0.2, 0.25) is 0 Å². The zero-order valence-corrected chi connectivity index (χ0v) is 13.6. The molecule has 122 valence electrons. The van der Waals surface area contributed by atoms with Crippen LogP contribution < -0.4 is 9.47 Å². The molecule has 0 saturated carbocycles. The van der Waals surface area contributed by atoms with Gasteiger partial charge in [0.15, 0.2) is 11.5 Å². The third-order valence-corrected chi connectivity index (χ3v) is 4.06. The van der Waals surface area contributed by atoms with E-state index < -0.39 is 0 Å². The fraction of sp³-hybridized carbons (Fsp3) is 0.211. The van der Waals surface area contributed by atoms with Gasteiger partial charge in [-0.05, 0) is 11.6 Å². The molecule has 0 spiro atoms. The Balaban J connectivity index is 2.43. The van der Waals surface area contributed by atoms with E-state index in [-0.39, 0.29) is 6.61 Å². The predicted octanol–water partition coefficient (Wildman–Crippen LogP) is 3.19. The van der Waals surface area contributed by atoms with Crippen molar-refractivity contribution in [2.24, 2.45) is 0 Å². The number of rotatable bonds is 5. The molecular weight excluding hydrogens is 304 g/mol. The van der Waals surface area contributed by atoms with Crippen molar-refractivity contribution in [3.8, 4) is 28.7 Å². The van der Waals surface area contributed by atoms with Crippen LogP contribution in [0.25, 0.3) is 22.0 Å². The summed E-state index contributed by atoms with van der Waals surface area (Å²) in [6.07, 6.45) is 0. The van der Waals surface area contributed by atoms with Crippen LogP contribution in [0.3, 0.4) is 0 Å². The summed E-state index contributed by atoms with van der Waals surface area (Å²) in [6, 6.07) is 15.8. The van der Waals surface area contributed by atoms with Gasteiger partial charge in [0.25, 0.3) is 0 Å². The molecule has 2 aromatic carbocycles. The third-order valence-electron chi connectivity index (χ3n) is 4.06. The summed E-state index contributed by atoms with van der Waals surface area (Å²) in [7, 11) is 3.16. The van der Waals surface area contributed by atoms with Gasteiger partial charge in [-0.3, -0.25) is 0 Å². The molecule has 24 heavy (non-hydrogen) atoms. The lowest BCUT2D eigenvalue weighted by atomic mass is 10.0. The maximum Gasteiger partial charge on any atom is 0.162 e. The first-order valence-electron chi connectivity index (χ1n) is 7.59. The molecule has 0 bridgehead atoms. The summed E-state index contributed by atoms with van der Waals surface area (Å²) in [4.78, 5) is 0. The van der Waals surface area contributed by atoms with E-state index in [4.69, 9.17) is 9.47 Å². The van der Waals surface area contributed by atoms with Crippen LogP contribution in [0.4, 0.5) is 0 Å². The maximum absolute atomic E-state index is 9.73. The molecule has 0 aliphatic rings. The molecular formula is C19H18N2O3. The van der Waals surface area contributed by atoms with Crippen LogP contribution in [0.2, 0.25) is 0 Å². The smallest absolute Gasteiger partial charge is 0.162 e. The van der Waals surface area contributed by atoms with Gasteiger partial charge in [-0.15, -0.1) is 0 Å². The van der Waals surface area contributed by atoms with Gasteiger partial charge < -0.3 is 19.1 Å². The second kappa shape index (κ2) is 6.65. The average molecular weight is 322 g/mol. The number of nitrogens with zero attached hydrogens (tertiary/aromatic N) is 2. The van der Waals surface area contributed by atoms with Gasteiger partial charge in [-0.2, -0.15) is 5.26 Å². The zero-order chi connectivity index (χ0) is 17.1. The van der Waals surface area contributed by atoms with Crippen molar-refractivity contribution in [1.82, 2.24) is 4.57 Å². The lowest BCUT2D eigenvalue weighted by Crippen LogP contribution is -2.04. The van der Waals surface area contributed by atoms with E-state index >= 15 is 0 Å². The second-order valence-corrected chi connectivity index (χ2v) is 5.30. The number of aliphatic hydroxyl groups is 1. The van der Waals surface area contributed by atoms with Gasteiger partial charge in [-0.25, -0.2) is 0 Å². The van der Waals surface area contributed by atoms with E-state index in [9.17, 15) is 10.4 Å². The van der Waals surface area contributed by atoms with Crippen molar-refractivity contribution < 1.29 is 14.6 Å². The van der Waals surface area contributed by atoms with E-state index in [2.05, 4.69) is 6.07 Å². The summed E-state index contributed by atoms with van der Waals surface area (Å²) < 4.78 is 12.6. The van der Waals surface area contributed by atoms with Crippen LogP contribution in [0.15, 0.2) is 42.5 Å². The van der Waals surface area contributed by atoms with Crippen molar-refractivity contribution in [1.29, 1.82) is 5.26 Å². The number of fused-ring (bicyclic) bond motifs is 1. The molecule has 3 rings (SSSR count). The Hall–Kier alpha value is -2.97. The molecule has 0 fully saturated rings. The monoisotopic (exact) mass is 322 g/mol. The Morgan fingerprint density at radius 2 is 1.75 bits per heavy atom. The van der Waals surface area contributed by atoms with Gasteiger partial charge in [0.05, 0.1) is 26.3 Å². The largest absolute Gasteiger partial charge is 0.493 e. The molecule has 0 aliphatic heterocycles. The van der Waals surface area contributed by atoms with Gasteiger partial charge >= 0.3 is 0 Å². The number of methoxy groups -OCH3 is 2. The summed E-state index contributed by atoms with van der Waals surface area (Å²) in [5, 5.41) is 20.0. The van der Waals surface area contributed by atoms with Crippen molar-refractivity contribution in [2.45, 2.75) is 6.54 Å². The van der Waals surface area contributed by atoms with E-state index in [1.807, 2.05) is 47.0 Å². The summed E-state index contributed by atoms with van der Waals surface area (Å²) in [6.45, 7) is 0.281. The van der Waals surface area contributed by atoms with Gasteiger partial charge in [0.1, 0.15) is 11.8 Å². The molecule has 0 aliphatic carbocycles. The molecule has 0 unspecified atom stereocenters. The quantitative estimate of drug-likeness (QED) is 0.783. The van der Waals surface area contributed by atoms with Crippen LogP contribution in [0, 0.1) is 11.3 Å². The van der Waals surface area contributed by atoms with Crippen molar-refractivity contribution in [3.05, 3.63) is 48.2 Å². The Labute approximate surface area is 140 Å². The number of ether oxygens (including phenoxy) is 2. The van der Waals surface area contributed by atoms with Crippen LogP contribution in [-0.4, -0.2) is 30.5 Å². The second-order valence-electron chi connectivity index (χ2n) is 5.30. The molecule has 5 nitrogen and oxygen atoms in total. The first-order chi connectivity index (χ1) is 11.7. The molecule has 1 aromatic heterocycles. The lowest BCUT2D eigenvalue weighted by molar-refractivity contribution is 0.277. The summed E-state index contributed by atoms with van der Waals surface area (Å²) in [5.41, 5.74) is 3.13. The summed E-state index contributed by atoms with van der Waals surface area (Å²) >= 11 is 0. The average Bonchev–Trinajstić information content (AvgIpc) is 2.94. The topological polar surface area (TPSA) is 67.4 Å². The normalized spacial score (nSPS) is 10.6. The number of hydrogen-bond acceptors (Lipinski definition) is 4. The fourth-order valence-corrected chi connectivity index (χ4v) is 3.02. The van der Waals surface area contributed by atoms with E-state index in [1.54, 1.807) is 14.2 Å². The number of hydrogen-bond donors (Lipinski definition) is 1. The zero-order valence-electron chi connectivity index (χ0n) is 13.6. The van der Waals surface area contributed by atoms with Crippen LogP contribution in [-0.2, 0) is 6.54 Å². The van der Waals surface area contributed by atoms with Crippen LogP contribution >= 0.6 is 0 Å². The lowest BCUT2D eigenvalue weighted by Gasteiger charge is -2.09. The summed E-state index contributed by atoms with van der Waals surface area (Å²) in [5.74, 6) is 1.19. The standard InChI is InChI=1S/C19H18N2O3/c1-23-17-10-14-15(11-18(17)24-2)21(8-9-22)16(12-20)19(14)13-6-4-3-5-7-13/h3-7,10-11,22H,8-9H2,1-2H3. The van der Waals surface area contributed by atoms with Crippen LogP contribution in [0.5, 0.6) is 11.5 Å². The molecule has 0 atom stereocenters. The van der Waals surface area contributed by atoms with Crippen LogP contribution in [0.1, 0.15) is 5.69 Å². The number of aliphatic hydroxyl groups excluding tert-OH is 1. The Morgan fingerprint density at radius 3 is 2.33 bits per heavy atom. The number of aromatic nitrogens is 1. The molecule has 3 aromatic rings. The minimum atomic E-state index is -0.0545. The highest BCUT2D eigenvalue weighted by Gasteiger charge is 2.20. The van der Waals surface area contributed by atoms with Gasteiger partial charge in [-0.1, -0.05) is 30.3 Å². The molecule has 0 amide bonds. The maximum atomic E-state index is 9.73. The SMILES string of the molecule is COc1cc2c(-c3ccccc3)c(C#N)n(CCO)c2cc1OC. The minimum absolute atomic E-state index is 0.0545. The first kappa shape index (κ1) is 15.9. The van der Waals surface area contributed by atoms with Crippen molar-refractivity contribution in [3.63, 3.8) is 0 Å². The Kier molecular flexibility index (Phi) is 4.41. The van der Waals surface area contributed by atoms with E-state index in [1.165, 1.54) is 0 Å². The molecule has 1 heterocycles. The molecule has 0 radical (unpaired) electrons. The predicted molar refractivity (Wildman–Crippen MR) is 92.3 cm³/mol. The first-order valence-corrected chi connectivity index (χ1v) is 7.59. The highest BCUT2D eigenvalue weighted by molar-refractivity contribution is 6.01.